The van der Waals surface area contributed by atoms with Crippen LogP contribution in [0.25, 0.3) is 11.3 Å². The molecule has 5 nitrogen and oxygen atoms in total. The van der Waals surface area contributed by atoms with Crippen LogP contribution in [0.1, 0.15) is 16.2 Å². The molecule has 0 radical (unpaired) electrons. The summed E-state index contributed by atoms with van der Waals surface area (Å²) in [5.74, 6) is 0.652. The van der Waals surface area contributed by atoms with Gasteiger partial charge in [0.2, 0.25) is 0 Å². The number of hydrogen-bond acceptors (Lipinski definition) is 4. The van der Waals surface area contributed by atoms with Crippen molar-refractivity contribution in [3.63, 3.8) is 0 Å². The zero-order valence-electron chi connectivity index (χ0n) is 10.9. The number of halogens is 1. The van der Waals surface area contributed by atoms with E-state index < -0.39 is 0 Å². The van der Waals surface area contributed by atoms with Crippen LogP contribution in [0.2, 0.25) is 5.02 Å². The van der Waals surface area contributed by atoms with Gasteiger partial charge in [-0.25, -0.2) is 4.98 Å². The number of carbonyl (C=O) groups excluding carboxylic acids is 1. The molecule has 0 saturated heterocycles. The molecule has 2 aromatic heterocycles. The van der Waals surface area contributed by atoms with Gasteiger partial charge in [-0.2, -0.15) is 0 Å². The Morgan fingerprint density at radius 3 is 2.81 bits per heavy atom. The number of benzene rings is 1. The van der Waals surface area contributed by atoms with Crippen molar-refractivity contribution in [3.05, 3.63) is 65.5 Å². The largest absolute Gasteiger partial charge is 0.467 e. The number of aromatic nitrogens is 1. The molecule has 1 amide bonds. The molecule has 0 spiro atoms. The van der Waals surface area contributed by atoms with Crippen molar-refractivity contribution >= 4 is 17.5 Å². The lowest BCUT2D eigenvalue weighted by Crippen LogP contribution is -2.23. The van der Waals surface area contributed by atoms with Crippen molar-refractivity contribution in [2.75, 3.05) is 0 Å². The number of hydrogen-bond donors (Lipinski definition) is 1. The van der Waals surface area contributed by atoms with Crippen molar-refractivity contribution in [2.24, 2.45) is 0 Å². The first kappa shape index (κ1) is 13.5. The molecule has 0 aliphatic heterocycles. The SMILES string of the molecule is O=C(NCc1ccco1)c1ncoc1-c1ccccc1Cl. The highest BCUT2D eigenvalue weighted by Crippen LogP contribution is 2.29. The maximum absolute atomic E-state index is 12.2. The molecule has 6 heteroatoms. The molecule has 0 bridgehead atoms. The lowest BCUT2D eigenvalue weighted by molar-refractivity contribution is 0.0944. The molecule has 3 rings (SSSR count). The van der Waals surface area contributed by atoms with Gasteiger partial charge in [-0.15, -0.1) is 0 Å². The van der Waals surface area contributed by atoms with E-state index in [4.69, 9.17) is 20.4 Å². The first-order valence-corrected chi connectivity index (χ1v) is 6.62. The number of amides is 1. The Morgan fingerprint density at radius 1 is 1.19 bits per heavy atom. The van der Waals surface area contributed by atoms with Crippen LogP contribution in [0.3, 0.4) is 0 Å². The van der Waals surface area contributed by atoms with Gasteiger partial charge in [-0.3, -0.25) is 4.79 Å². The van der Waals surface area contributed by atoms with Gasteiger partial charge >= 0.3 is 0 Å². The minimum absolute atomic E-state index is 0.189. The summed E-state index contributed by atoms with van der Waals surface area (Å²) < 4.78 is 10.5. The van der Waals surface area contributed by atoms with E-state index >= 15 is 0 Å². The third kappa shape index (κ3) is 2.83. The molecule has 106 valence electrons. The molecule has 0 saturated carbocycles. The third-order valence-electron chi connectivity index (χ3n) is 2.90. The quantitative estimate of drug-likeness (QED) is 0.800. The first-order valence-electron chi connectivity index (χ1n) is 6.24. The highest BCUT2D eigenvalue weighted by Gasteiger charge is 2.19. The van der Waals surface area contributed by atoms with Crippen LogP contribution >= 0.6 is 11.6 Å². The van der Waals surface area contributed by atoms with E-state index in [1.165, 1.54) is 6.39 Å². The van der Waals surface area contributed by atoms with Crippen molar-refractivity contribution in [1.82, 2.24) is 10.3 Å². The Hall–Kier alpha value is -2.53. The number of oxazole rings is 1. The standard InChI is InChI=1S/C15H11ClN2O3/c16-12-6-2-1-5-11(12)14-13(18-9-21-14)15(19)17-8-10-4-3-7-20-10/h1-7,9H,8H2,(H,17,19). The number of nitrogens with zero attached hydrogens (tertiary/aromatic N) is 1. The van der Waals surface area contributed by atoms with E-state index in [1.807, 2.05) is 6.07 Å². The first-order chi connectivity index (χ1) is 10.3. The molecule has 1 N–H and O–H groups in total. The van der Waals surface area contributed by atoms with Gasteiger partial charge in [0.25, 0.3) is 5.91 Å². The minimum atomic E-state index is -0.352. The van der Waals surface area contributed by atoms with Crippen molar-refractivity contribution < 1.29 is 13.6 Å². The summed E-state index contributed by atoms with van der Waals surface area (Å²) in [7, 11) is 0. The van der Waals surface area contributed by atoms with Gasteiger partial charge in [0.1, 0.15) is 5.76 Å². The lowest BCUT2D eigenvalue weighted by atomic mass is 10.1. The minimum Gasteiger partial charge on any atom is -0.467 e. The van der Waals surface area contributed by atoms with E-state index in [2.05, 4.69) is 10.3 Å². The summed E-state index contributed by atoms with van der Waals surface area (Å²) in [6.45, 7) is 0.278. The highest BCUT2D eigenvalue weighted by molar-refractivity contribution is 6.33. The molecular formula is C15H11ClN2O3. The van der Waals surface area contributed by atoms with Crippen LogP contribution in [-0.2, 0) is 6.54 Å². The molecule has 2 heterocycles. The van der Waals surface area contributed by atoms with Crippen molar-refractivity contribution in [1.29, 1.82) is 0 Å². The van der Waals surface area contributed by atoms with Crippen LogP contribution in [0.4, 0.5) is 0 Å². The predicted octanol–water partition coefficient (Wildman–Crippen LogP) is 3.52. The Labute approximate surface area is 125 Å². The summed E-state index contributed by atoms with van der Waals surface area (Å²) in [5, 5.41) is 3.21. The topological polar surface area (TPSA) is 68.3 Å². The summed E-state index contributed by atoms with van der Waals surface area (Å²) in [5.41, 5.74) is 0.814. The summed E-state index contributed by atoms with van der Waals surface area (Å²) in [4.78, 5) is 16.2. The Balaban J connectivity index is 1.82. The Kier molecular flexibility index (Phi) is 3.75. The summed E-state index contributed by atoms with van der Waals surface area (Å²) >= 11 is 6.12. The molecule has 21 heavy (non-hydrogen) atoms. The van der Waals surface area contributed by atoms with E-state index in [0.717, 1.165) is 0 Å². The lowest BCUT2D eigenvalue weighted by Gasteiger charge is -2.04. The molecule has 0 fully saturated rings. The Bertz CT molecular complexity index is 750. The van der Waals surface area contributed by atoms with E-state index in [1.54, 1.807) is 36.6 Å². The molecule has 0 aliphatic carbocycles. The smallest absolute Gasteiger partial charge is 0.274 e. The zero-order valence-corrected chi connectivity index (χ0v) is 11.6. The number of carbonyl (C=O) groups is 1. The third-order valence-corrected chi connectivity index (χ3v) is 3.23. The normalized spacial score (nSPS) is 10.5. The predicted molar refractivity (Wildman–Crippen MR) is 76.8 cm³/mol. The van der Waals surface area contributed by atoms with E-state index in [9.17, 15) is 4.79 Å². The second-order valence-electron chi connectivity index (χ2n) is 4.27. The molecule has 3 aromatic rings. The fourth-order valence-corrected chi connectivity index (χ4v) is 2.13. The summed E-state index contributed by atoms with van der Waals surface area (Å²) in [6, 6.07) is 10.6. The van der Waals surface area contributed by atoms with E-state index in [-0.39, 0.29) is 18.1 Å². The highest BCUT2D eigenvalue weighted by atomic mass is 35.5. The molecule has 1 aromatic carbocycles. The number of rotatable bonds is 4. The van der Waals surface area contributed by atoms with Gasteiger partial charge in [0.05, 0.1) is 17.8 Å². The maximum atomic E-state index is 12.2. The molecule has 0 aliphatic rings. The van der Waals surface area contributed by atoms with Crippen molar-refractivity contribution in [3.8, 4) is 11.3 Å². The average Bonchev–Trinajstić information content (AvgIpc) is 3.16. The molecule has 0 atom stereocenters. The van der Waals surface area contributed by atoms with Crippen LogP contribution in [0.15, 0.2) is 57.9 Å². The summed E-state index contributed by atoms with van der Waals surface area (Å²) in [6.07, 6.45) is 2.77. The molecular weight excluding hydrogens is 292 g/mol. The zero-order chi connectivity index (χ0) is 14.7. The van der Waals surface area contributed by atoms with Gasteiger partial charge in [-0.05, 0) is 24.3 Å². The maximum Gasteiger partial charge on any atom is 0.274 e. The van der Waals surface area contributed by atoms with Gasteiger partial charge in [-0.1, -0.05) is 23.7 Å². The van der Waals surface area contributed by atoms with E-state index in [0.29, 0.717) is 22.1 Å². The van der Waals surface area contributed by atoms with Gasteiger partial charge < -0.3 is 14.2 Å². The van der Waals surface area contributed by atoms with Crippen LogP contribution in [-0.4, -0.2) is 10.9 Å². The molecule has 0 unspecified atom stereocenters. The van der Waals surface area contributed by atoms with Crippen LogP contribution in [0, 0.1) is 0 Å². The fraction of sp³-hybridized carbons (Fsp3) is 0.0667. The number of nitrogens with one attached hydrogen (secondary N) is 1. The van der Waals surface area contributed by atoms with Gasteiger partial charge in [0.15, 0.2) is 17.8 Å². The number of furan rings is 1. The van der Waals surface area contributed by atoms with Gasteiger partial charge in [0, 0.05) is 5.56 Å². The Morgan fingerprint density at radius 2 is 2.05 bits per heavy atom. The monoisotopic (exact) mass is 302 g/mol. The second kappa shape index (κ2) is 5.85. The fourth-order valence-electron chi connectivity index (χ4n) is 1.91. The van der Waals surface area contributed by atoms with Crippen LogP contribution in [0.5, 0.6) is 0 Å². The second-order valence-corrected chi connectivity index (χ2v) is 4.68. The van der Waals surface area contributed by atoms with Crippen LogP contribution < -0.4 is 5.32 Å². The average molecular weight is 303 g/mol. The van der Waals surface area contributed by atoms with Crippen molar-refractivity contribution in [2.45, 2.75) is 6.54 Å².